The third kappa shape index (κ3) is 1.39. The zero-order valence-corrected chi connectivity index (χ0v) is 8.58. The van der Waals surface area contributed by atoms with Gasteiger partial charge in [-0.2, -0.15) is 0 Å². The topological polar surface area (TPSA) is 33.2 Å². The second-order valence-electron chi connectivity index (χ2n) is 3.75. The van der Waals surface area contributed by atoms with Crippen LogP contribution in [0, 0.1) is 13.8 Å². The summed E-state index contributed by atoms with van der Waals surface area (Å²) in [5.74, 6) is 0.223. The molecule has 1 aromatic rings. The van der Waals surface area contributed by atoms with Gasteiger partial charge in [-0.05, 0) is 31.4 Å². The number of carbonyl (C=O) groups is 1. The molecule has 0 spiro atoms. The van der Waals surface area contributed by atoms with Crippen LogP contribution < -0.4 is 4.90 Å². The molecule has 2 heterocycles. The number of nitrogens with zero attached hydrogens (tertiary/aromatic N) is 2. The van der Waals surface area contributed by atoms with Gasteiger partial charge in [-0.3, -0.25) is 9.78 Å². The van der Waals surface area contributed by atoms with Crippen LogP contribution in [0.3, 0.4) is 0 Å². The molecule has 1 saturated heterocycles. The minimum Gasteiger partial charge on any atom is -0.311 e. The Morgan fingerprint density at radius 3 is 2.79 bits per heavy atom. The fourth-order valence-electron chi connectivity index (χ4n) is 1.79. The smallest absolute Gasteiger partial charge is 0.227 e. The summed E-state index contributed by atoms with van der Waals surface area (Å²) < 4.78 is 0. The van der Waals surface area contributed by atoms with Gasteiger partial charge in [-0.1, -0.05) is 0 Å². The molecule has 0 N–H and O–H groups in total. The molecule has 0 radical (unpaired) electrons. The third-order valence-electron chi connectivity index (χ3n) is 2.80. The lowest BCUT2D eigenvalue weighted by atomic mass is 10.1. The monoisotopic (exact) mass is 190 g/mol. The molecule has 1 aliphatic heterocycles. The van der Waals surface area contributed by atoms with Crippen LogP contribution in [0.25, 0.3) is 0 Å². The number of rotatable bonds is 1. The fourth-order valence-corrected chi connectivity index (χ4v) is 1.79. The lowest BCUT2D eigenvalue weighted by Gasteiger charge is -2.18. The minimum atomic E-state index is 0.223. The normalized spacial score (nSPS) is 16.4. The van der Waals surface area contributed by atoms with Crippen LogP contribution in [0.15, 0.2) is 12.4 Å². The van der Waals surface area contributed by atoms with Crippen LogP contribution in [-0.4, -0.2) is 17.4 Å². The Hall–Kier alpha value is -1.38. The lowest BCUT2D eigenvalue weighted by molar-refractivity contribution is -0.117. The molecule has 1 fully saturated rings. The first-order valence-corrected chi connectivity index (χ1v) is 4.91. The van der Waals surface area contributed by atoms with E-state index in [-0.39, 0.29) is 5.91 Å². The van der Waals surface area contributed by atoms with E-state index in [1.54, 1.807) is 6.20 Å². The molecule has 2 rings (SSSR count). The number of anilines is 1. The number of hydrogen-bond donors (Lipinski definition) is 0. The van der Waals surface area contributed by atoms with Gasteiger partial charge in [0.2, 0.25) is 5.91 Å². The highest BCUT2D eigenvalue weighted by Gasteiger charge is 2.23. The van der Waals surface area contributed by atoms with E-state index in [1.165, 1.54) is 0 Å². The predicted octanol–water partition coefficient (Wildman–Crippen LogP) is 1.83. The molecular weight excluding hydrogens is 176 g/mol. The van der Waals surface area contributed by atoms with E-state index in [1.807, 2.05) is 24.9 Å². The molecule has 0 bridgehead atoms. The van der Waals surface area contributed by atoms with E-state index in [2.05, 4.69) is 4.98 Å². The van der Waals surface area contributed by atoms with Crippen molar-refractivity contribution in [3.05, 3.63) is 23.5 Å². The highest BCUT2D eigenvalue weighted by atomic mass is 16.2. The quantitative estimate of drug-likeness (QED) is 0.676. The van der Waals surface area contributed by atoms with Crippen LogP contribution in [0.5, 0.6) is 0 Å². The molecule has 0 saturated carbocycles. The molecule has 14 heavy (non-hydrogen) atoms. The number of aryl methyl sites for hydroxylation is 1. The highest BCUT2D eigenvalue weighted by molar-refractivity contribution is 5.95. The van der Waals surface area contributed by atoms with Crippen LogP contribution in [0.1, 0.15) is 24.0 Å². The Bertz CT molecular complexity index is 374. The van der Waals surface area contributed by atoms with Gasteiger partial charge in [-0.25, -0.2) is 0 Å². The molecule has 1 aromatic heterocycles. The Kier molecular flexibility index (Phi) is 2.23. The predicted molar refractivity (Wildman–Crippen MR) is 55.3 cm³/mol. The van der Waals surface area contributed by atoms with Crippen LogP contribution >= 0.6 is 0 Å². The van der Waals surface area contributed by atoms with E-state index in [0.717, 1.165) is 29.8 Å². The van der Waals surface area contributed by atoms with E-state index >= 15 is 0 Å². The van der Waals surface area contributed by atoms with E-state index in [0.29, 0.717) is 6.42 Å². The summed E-state index contributed by atoms with van der Waals surface area (Å²) in [4.78, 5) is 17.5. The highest BCUT2D eigenvalue weighted by Crippen LogP contribution is 2.25. The lowest BCUT2D eigenvalue weighted by Crippen LogP contribution is -2.24. The number of pyridine rings is 1. The number of amides is 1. The average molecular weight is 190 g/mol. The zero-order valence-electron chi connectivity index (χ0n) is 8.58. The van der Waals surface area contributed by atoms with Crippen molar-refractivity contribution in [3.8, 4) is 0 Å². The average Bonchev–Trinajstić information content (AvgIpc) is 2.57. The van der Waals surface area contributed by atoms with Crippen LogP contribution in [0.4, 0.5) is 5.69 Å². The van der Waals surface area contributed by atoms with Gasteiger partial charge in [-0.15, -0.1) is 0 Å². The molecule has 1 amide bonds. The fraction of sp³-hybridized carbons (Fsp3) is 0.455. The first kappa shape index (κ1) is 9.19. The molecule has 1 aliphatic rings. The molecule has 0 unspecified atom stereocenters. The van der Waals surface area contributed by atoms with Crippen LogP contribution in [0.2, 0.25) is 0 Å². The number of aromatic nitrogens is 1. The second kappa shape index (κ2) is 3.40. The minimum absolute atomic E-state index is 0.223. The number of hydrogen-bond acceptors (Lipinski definition) is 2. The van der Waals surface area contributed by atoms with Crippen LogP contribution in [-0.2, 0) is 4.79 Å². The van der Waals surface area contributed by atoms with Crippen molar-refractivity contribution >= 4 is 11.6 Å². The van der Waals surface area contributed by atoms with E-state index < -0.39 is 0 Å². The largest absolute Gasteiger partial charge is 0.311 e. The van der Waals surface area contributed by atoms with Gasteiger partial charge in [0.25, 0.3) is 0 Å². The van der Waals surface area contributed by atoms with Crippen molar-refractivity contribution in [2.45, 2.75) is 26.7 Å². The summed E-state index contributed by atoms with van der Waals surface area (Å²) in [7, 11) is 0. The summed E-state index contributed by atoms with van der Waals surface area (Å²) >= 11 is 0. The molecule has 0 atom stereocenters. The van der Waals surface area contributed by atoms with Gasteiger partial charge in [0, 0.05) is 19.2 Å². The maximum absolute atomic E-state index is 11.5. The molecular formula is C11H14N2O. The van der Waals surface area contributed by atoms with E-state index in [9.17, 15) is 4.79 Å². The van der Waals surface area contributed by atoms with Crippen molar-refractivity contribution in [3.63, 3.8) is 0 Å². The SMILES string of the molecule is Cc1cncc(N2CCCC2=O)c1C. The Morgan fingerprint density at radius 1 is 1.36 bits per heavy atom. The Morgan fingerprint density at radius 2 is 2.14 bits per heavy atom. The molecule has 3 heteroatoms. The van der Waals surface area contributed by atoms with Gasteiger partial charge in [0.15, 0.2) is 0 Å². The third-order valence-corrected chi connectivity index (χ3v) is 2.80. The van der Waals surface area contributed by atoms with Crippen molar-refractivity contribution < 1.29 is 4.79 Å². The molecule has 74 valence electrons. The van der Waals surface area contributed by atoms with Gasteiger partial charge in [0.05, 0.1) is 11.9 Å². The first-order chi connectivity index (χ1) is 6.70. The summed E-state index contributed by atoms with van der Waals surface area (Å²) in [5, 5.41) is 0. The molecule has 3 nitrogen and oxygen atoms in total. The number of carbonyl (C=O) groups excluding carboxylic acids is 1. The Balaban J connectivity index is 2.41. The maximum Gasteiger partial charge on any atom is 0.227 e. The standard InChI is InChI=1S/C11H14N2O/c1-8-6-12-7-10(9(8)2)13-5-3-4-11(13)14/h6-7H,3-5H2,1-2H3. The maximum atomic E-state index is 11.5. The van der Waals surface area contributed by atoms with E-state index in [4.69, 9.17) is 0 Å². The second-order valence-corrected chi connectivity index (χ2v) is 3.75. The Labute approximate surface area is 83.8 Å². The summed E-state index contributed by atoms with van der Waals surface area (Å²) in [6, 6.07) is 0. The van der Waals surface area contributed by atoms with Crippen molar-refractivity contribution in [1.82, 2.24) is 4.98 Å². The summed E-state index contributed by atoms with van der Waals surface area (Å²) in [6.45, 7) is 4.90. The first-order valence-electron chi connectivity index (χ1n) is 4.91. The van der Waals surface area contributed by atoms with Gasteiger partial charge >= 0.3 is 0 Å². The van der Waals surface area contributed by atoms with Crippen molar-refractivity contribution in [1.29, 1.82) is 0 Å². The molecule has 0 aromatic carbocycles. The zero-order chi connectivity index (χ0) is 10.1. The summed E-state index contributed by atoms with van der Waals surface area (Å²) in [5.41, 5.74) is 3.28. The van der Waals surface area contributed by atoms with Gasteiger partial charge in [0.1, 0.15) is 0 Å². The van der Waals surface area contributed by atoms with Crippen molar-refractivity contribution in [2.75, 3.05) is 11.4 Å². The molecule has 0 aliphatic carbocycles. The van der Waals surface area contributed by atoms with Crippen molar-refractivity contribution in [2.24, 2.45) is 0 Å². The summed E-state index contributed by atoms with van der Waals surface area (Å²) in [6.07, 6.45) is 5.25. The van der Waals surface area contributed by atoms with Gasteiger partial charge < -0.3 is 4.90 Å².